The number of rotatable bonds is 5. The minimum absolute atomic E-state index is 0.275. The van der Waals surface area contributed by atoms with Crippen molar-refractivity contribution in [2.24, 2.45) is 0 Å². The summed E-state index contributed by atoms with van der Waals surface area (Å²) in [5.41, 5.74) is 3.78. The van der Waals surface area contributed by atoms with Crippen LogP contribution in [-0.2, 0) is 0 Å². The first-order valence-corrected chi connectivity index (χ1v) is 8.69. The number of aromatic nitrogens is 2. The number of halogens is 1. The summed E-state index contributed by atoms with van der Waals surface area (Å²) in [5.74, 6) is -0.0519. The standard InChI is InChI=1S/C21H21FN4O/c1-13(2)18-9-4-6-14(3)19(18)26-20(27)15-11-23-21(24-12-15)25-17-8-5-7-16(22)10-17/h4-13H,1-3H3,(H,26,27)(H,23,24,25). The van der Waals surface area contributed by atoms with E-state index >= 15 is 0 Å². The molecule has 0 saturated carbocycles. The first kappa shape index (κ1) is 18.5. The largest absolute Gasteiger partial charge is 0.324 e. The van der Waals surface area contributed by atoms with E-state index in [2.05, 4.69) is 34.4 Å². The smallest absolute Gasteiger partial charge is 0.258 e. The van der Waals surface area contributed by atoms with Gasteiger partial charge in [-0.3, -0.25) is 4.79 Å². The minimum Gasteiger partial charge on any atom is -0.324 e. The molecule has 2 N–H and O–H groups in total. The van der Waals surface area contributed by atoms with Crippen LogP contribution in [0.4, 0.5) is 21.7 Å². The monoisotopic (exact) mass is 364 g/mol. The van der Waals surface area contributed by atoms with Crippen molar-refractivity contribution in [1.29, 1.82) is 0 Å². The van der Waals surface area contributed by atoms with E-state index < -0.39 is 0 Å². The van der Waals surface area contributed by atoms with Gasteiger partial charge in [-0.15, -0.1) is 0 Å². The highest BCUT2D eigenvalue weighted by atomic mass is 19.1. The van der Waals surface area contributed by atoms with E-state index in [1.165, 1.54) is 24.5 Å². The average Bonchev–Trinajstić information content (AvgIpc) is 2.63. The third kappa shape index (κ3) is 4.47. The normalized spacial score (nSPS) is 10.7. The van der Waals surface area contributed by atoms with Crippen molar-refractivity contribution in [3.05, 3.63) is 77.4 Å². The highest BCUT2D eigenvalue weighted by molar-refractivity contribution is 6.04. The van der Waals surface area contributed by atoms with Gasteiger partial charge < -0.3 is 10.6 Å². The van der Waals surface area contributed by atoms with Gasteiger partial charge >= 0.3 is 0 Å². The first-order valence-electron chi connectivity index (χ1n) is 8.69. The summed E-state index contributed by atoms with van der Waals surface area (Å²) in [4.78, 5) is 20.9. The van der Waals surface area contributed by atoms with Gasteiger partial charge in [-0.1, -0.05) is 38.1 Å². The van der Waals surface area contributed by atoms with Crippen LogP contribution in [0.15, 0.2) is 54.9 Å². The second-order valence-corrected chi connectivity index (χ2v) is 6.58. The van der Waals surface area contributed by atoms with Gasteiger partial charge in [0.1, 0.15) is 5.82 Å². The number of para-hydroxylation sites is 1. The zero-order valence-corrected chi connectivity index (χ0v) is 15.5. The van der Waals surface area contributed by atoms with Crippen LogP contribution in [0, 0.1) is 12.7 Å². The number of amides is 1. The maximum atomic E-state index is 13.2. The van der Waals surface area contributed by atoms with Gasteiger partial charge in [-0.05, 0) is 42.2 Å². The molecule has 0 radical (unpaired) electrons. The van der Waals surface area contributed by atoms with Crippen molar-refractivity contribution >= 4 is 23.2 Å². The molecule has 3 aromatic rings. The summed E-state index contributed by atoms with van der Waals surface area (Å²) in [5, 5.41) is 5.86. The molecule has 0 atom stereocenters. The lowest BCUT2D eigenvalue weighted by atomic mass is 9.98. The van der Waals surface area contributed by atoms with Gasteiger partial charge in [-0.2, -0.15) is 0 Å². The Labute approximate surface area is 157 Å². The number of benzene rings is 2. The summed E-state index contributed by atoms with van der Waals surface area (Å²) in [6, 6.07) is 12.0. The third-order valence-corrected chi connectivity index (χ3v) is 4.16. The second-order valence-electron chi connectivity index (χ2n) is 6.58. The SMILES string of the molecule is Cc1cccc(C(C)C)c1NC(=O)c1cnc(Nc2cccc(F)c2)nc1. The lowest BCUT2D eigenvalue weighted by molar-refractivity contribution is 0.102. The molecule has 0 aliphatic heterocycles. The Balaban J connectivity index is 1.75. The molecule has 5 nitrogen and oxygen atoms in total. The van der Waals surface area contributed by atoms with Crippen LogP contribution in [0.2, 0.25) is 0 Å². The Morgan fingerprint density at radius 1 is 1.07 bits per heavy atom. The number of nitrogens with one attached hydrogen (secondary N) is 2. The number of carbonyl (C=O) groups is 1. The number of anilines is 3. The number of carbonyl (C=O) groups excluding carboxylic acids is 1. The summed E-state index contributed by atoms with van der Waals surface area (Å²) in [7, 11) is 0. The van der Waals surface area contributed by atoms with E-state index in [4.69, 9.17) is 0 Å². The van der Waals surface area contributed by atoms with E-state index in [-0.39, 0.29) is 23.6 Å². The molecule has 0 fully saturated rings. The molecule has 3 rings (SSSR count). The zero-order valence-electron chi connectivity index (χ0n) is 15.5. The Morgan fingerprint density at radius 3 is 2.44 bits per heavy atom. The van der Waals surface area contributed by atoms with Gasteiger partial charge in [0.2, 0.25) is 5.95 Å². The molecule has 0 aliphatic rings. The summed E-state index contributed by atoms with van der Waals surface area (Å²) in [6.45, 7) is 6.13. The lowest BCUT2D eigenvalue weighted by Gasteiger charge is -2.16. The molecule has 0 bridgehead atoms. The number of hydrogen-bond donors (Lipinski definition) is 2. The topological polar surface area (TPSA) is 66.9 Å². The molecular formula is C21H21FN4O. The van der Waals surface area contributed by atoms with Gasteiger partial charge in [-0.25, -0.2) is 14.4 Å². The van der Waals surface area contributed by atoms with Crippen molar-refractivity contribution in [2.75, 3.05) is 10.6 Å². The fourth-order valence-electron chi connectivity index (χ4n) is 2.73. The highest BCUT2D eigenvalue weighted by Gasteiger charge is 2.14. The molecule has 27 heavy (non-hydrogen) atoms. The Morgan fingerprint density at radius 2 is 1.78 bits per heavy atom. The molecule has 1 aromatic heterocycles. The fourth-order valence-corrected chi connectivity index (χ4v) is 2.73. The molecular weight excluding hydrogens is 343 g/mol. The van der Waals surface area contributed by atoms with Crippen molar-refractivity contribution in [3.63, 3.8) is 0 Å². The first-order chi connectivity index (χ1) is 12.9. The van der Waals surface area contributed by atoms with Crippen molar-refractivity contribution in [3.8, 4) is 0 Å². The molecule has 6 heteroatoms. The van der Waals surface area contributed by atoms with E-state index in [0.717, 1.165) is 16.8 Å². The summed E-state index contributed by atoms with van der Waals surface area (Å²) < 4.78 is 13.2. The molecule has 2 aromatic carbocycles. The molecule has 0 saturated heterocycles. The average molecular weight is 364 g/mol. The van der Waals surface area contributed by atoms with E-state index in [0.29, 0.717) is 11.3 Å². The van der Waals surface area contributed by atoms with Gasteiger partial charge in [0.15, 0.2) is 0 Å². The Bertz CT molecular complexity index is 955. The molecule has 0 unspecified atom stereocenters. The Kier molecular flexibility index (Phi) is 5.45. The fraction of sp³-hybridized carbons (Fsp3) is 0.190. The molecule has 0 aliphatic carbocycles. The van der Waals surface area contributed by atoms with Gasteiger partial charge in [0.05, 0.1) is 5.56 Å². The number of nitrogens with zero attached hydrogens (tertiary/aromatic N) is 2. The van der Waals surface area contributed by atoms with Crippen molar-refractivity contribution < 1.29 is 9.18 Å². The molecule has 0 spiro atoms. The summed E-state index contributed by atoms with van der Waals surface area (Å²) >= 11 is 0. The zero-order chi connectivity index (χ0) is 19.4. The minimum atomic E-state index is -0.352. The number of hydrogen-bond acceptors (Lipinski definition) is 4. The highest BCUT2D eigenvalue weighted by Crippen LogP contribution is 2.27. The van der Waals surface area contributed by atoms with Gasteiger partial charge in [0.25, 0.3) is 5.91 Å². The lowest BCUT2D eigenvalue weighted by Crippen LogP contribution is -2.15. The van der Waals surface area contributed by atoms with Crippen molar-refractivity contribution in [1.82, 2.24) is 9.97 Å². The van der Waals surface area contributed by atoms with Crippen molar-refractivity contribution in [2.45, 2.75) is 26.7 Å². The van der Waals surface area contributed by atoms with E-state index in [9.17, 15) is 9.18 Å². The van der Waals surface area contributed by atoms with E-state index in [1.807, 2.05) is 25.1 Å². The van der Waals surface area contributed by atoms with Crippen LogP contribution in [0.25, 0.3) is 0 Å². The maximum Gasteiger partial charge on any atom is 0.258 e. The maximum absolute atomic E-state index is 13.2. The molecule has 1 heterocycles. The van der Waals surface area contributed by atoms with Gasteiger partial charge in [0, 0.05) is 23.8 Å². The van der Waals surface area contributed by atoms with E-state index in [1.54, 1.807) is 12.1 Å². The van der Waals surface area contributed by atoms with Crippen LogP contribution in [0.5, 0.6) is 0 Å². The second kappa shape index (κ2) is 7.95. The third-order valence-electron chi connectivity index (χ3n) is 4.16. The quantitative estimate of drug-likeness (QED) is 0.665. The Hall–Kier alpha value is -3.28. The van der Waals surface area contributed by atoms with Crippen LogP contribution >= 0.6 is 0 Å². The summed E-state index contributed by atoms with van der Waals surface area (Å²) in [6.07, 6.45) is 2.88. The molecule has 138 valence electrons. The number of aryl methyl sites for hydroxylation is 1. The van der Waals surface area contributed by atoms with Crippen LogP contribution in [0.3, 0.4) is 0 Å². The predicted molar refractivity (Wildman–Crippen MR) is 105 cm³/mol. The van der Waals surface area contributed by atoms with Crippen LogP contribution in [0.1, 0.15) is 41.3 Å². The van der Waals surface area contributed by atoms with Crippen LogP contribution in [-0.4, -0.2) is 15.9 Å². The van der Waals surface area contributed by atoms with Crippen LogP contribution < -0.4 is 10.6 Å². The molecule has 1 amide bonds. The predicted octanol–water partition coefficient (Wildman–Crippen LogP) is 5.04.